The van der Waals surface area contributed by atoms with Gasteiger partial charge in [-0.1, -0.05) is 95.6 Å². The van der Waals surface area contributed by atoms with Gasteiger partial charge in [0.2, 0.25) is 0 Å². The van der Waals surface area contributed by atoms with E-state index in [-0.39, 0.29) is 16.8 Å². The van der Waals surface area contributed by atoms with Crippen molar-refractivity contribution in [3.05, 3.63) is 12.2 Å². The first-order valence-electron chi connectivity index (χ1n) is 65.5. The Hall–Kier alpha value is -1.03. The first-order chi connectivity index (χ1) is 70.6. The molecule has 12 nitrogen and oxygen atoms in total. The third kappa shape index (κ3) is 30.7. The molecule has 0 aromatic carbocycles. The fourth-order valence-electron chi connectivity index (χ4n) is 41.4. The molecule has 0 aromatic rings. The Morgan fingerprint density at radius 3 is 1.10 bits per heavy atom. The number of ketones is 1. The zero-order valence-electron chi connectivity index (χ0n) is 96.7. The fourth-order valence-corrected chi connectivity index (χ4v) is 41.4. The summed E-state index contributed by atoms with van der Waals surface area (Å²) in [4.78, 5) is 11.9. The van der Waals surface area contributed by atoms with Crippen LogP contribution < -0.4 is 0 Å². The molecule has 0 amide bonds. The number of hydrogen-bond donors (Lipinski definition) is 0. The molecule has 33 aliphatic rings. The van der Waals surface area contributed by atoms with Crippen LogP contribution in [-0.2, 0) is 56.9 Å². The molecule has 32 fully saturated rings. The van der Waals surface area contributed by atoms with Crippen molar-refractivity contribution in [2.75, 3.05) is 112 Å². The second kappa shape index (κ2) is 55.9. The quantitative estimate of drug-likeness (QED) is 0.0524. The van der Waals surface area contributed by atoms with Gasteiger partial charge in [-0.25, -0.2) is 0 Å². The Balaban J connectivity index is 0.000000109. The summed E-state index contributed by atoms with van der Waals surface area (Å²) in [5.41, 5.74) is 1.60. The third-order valence-electron chi connectivity index (χ3n) is 46.3. The molecule has 145 heavy (non-hydrogen) atoms. The Morgan fingerprint density at radius 1 is 0.262 bits per heavy atom. The minimum absolute atomic E-state index is 0.110. The number of carbonyl (C=O) groups is 1. The van der Waals surface area contributed by atoms with E-state index in [1.807, 2.05) is 0 Å². The number of fused-ring (bicyclic) bond motifs is 5. The van der Waals surface area contributed by atoms with E-state index in [1.165, 1.54) is 327 Å². The minimum Gasteiger partial charge on any atom is -0.381 e. The smallest absolute Gasteiger partial charge is 0.139 e. The number of ether oxygens (including phenoxy) is 11. The van der Waals surface area contributed by atoms with E-state index in [9.17, 15) is 4.79 Å². The van der Waals surface area contributed by atoms with Crippen molar-refractivity contribution < 1.29 is 56.9 Å². The predicted molar refractivity (Wildman–Crippen MR) is 595 cm³/mol. The lowest BCUT2D eigenvalue weighted by Crippen LogP contribution is -2.57. The number of rotatable bonds is 29. The van der Waals surface area contributed by atoms with Crippen LogP contribution in [0, 0.1) is 207 Å². The van der Waals surface area contributed by atoms with Gasteiger partial charge in [-0.2, -0.15) is 0 Å². The Kier molecular flexibility index (Phi) is 44.4. The zero-order valence-corrected chi connectivity index (χ0v) is 96.7. The standard InChI is InChI=1S/C15H28O.3C13H22O.C13H24O.C12H18O2.2C12H20O.C10H18O.C10H16O.C10H20O/c1-2-16-12-13-8-10-15(11-9-13)14-6-4-3-5-7-14;1-3-14-13(2)11-5-9-4-10(7-11)8-12(13)6-9;1-2-14-9-13-6-10-3-11(7-13)5-12(4-10)8-13;1-2-14-8-13-11-4-9-3-10(6-11)7-12(13)5-9;1-2-14-10-11-7-8-12-5-3-4-6-13(12)9-11;1-2-14-12-5-8-3-9(6-12)11(13)10(4-8)7-12;1-2-13-12-6-9-3-10(7-12)5-11(4-9)8-12;1-2-13-12-10-4-8-3-9(6-10)7-11(12)5-8;1-3-11-10(2)7-8-4-5-9(10)6-8;1-2-11-7-10-6-8-3-4-9(10)5-8;1-2-11-9-10-7-5-3-4-6-8-10/h13-15H,2-12H2,1H3;9-12H,3-8H2,1-2H3;10-12H,2-9H2,1H3;9-13H,2-8H2,1H3;11-13H,2-10H2,1H3;8-10H,2-7H2,1H3;9-11H,2-8H2,1H3;8-12H,2-7H2,1H3;8-9H,3-7H2,1-2H3;3-4,8-10H,2,5-7H2,1H3;10H,2-9H2,1H3. The SMILES string of the molecule is CCOC1(C)C2CC3CC(C2)CC1C3.CCOC1(C)CC2CCC1C2.CCOC12CC3CC(C1)C(=O)C(C3)C2.CCOC12CC3CC(CC(C3)C1)C2.CCOC1C2CC3CC(C2)CC1C3.CCOCC12CC3CC(CC(C3)C1)C2.CCOCC1C2CC3CC(C2)CC1C3.CCOCC1CC2C=CC1C2.CCOCC1CCC(C2CCCCC2)CC1.CCOCC1CCC2CCCCC2C1.CCOCC1CCCCCC1. The number of carbonyl (C=O) groups excluding carboxylic acids is 1. The molecular weight excluding hydrogens is 1790 g/mol. The fraction of sp³-hybridized carbons (Fsp3) is 0.977. The highest BCUT2D eigenvalue weighted by atomic mass is 16.5. The minimum atomic E-state index is 0.110. The molecule has 0 radical (unpaired) electrons. The van der Waals surface area contributed by atoms with E-state index in [2.05, 4.69) is 102 Å². The van der Waals surface area contributed by atoms with E-state index < -0.39 is 0 Å². The van der Waals surface area contributed by atoms with Gasteiger partial charge in [0.25, 0.3) is 0 Å². The first-order valence-corrected chi connectivity index (χ1v) is 65.5. The zero-order chi connectivity index (χ0) is 101. The highest BCUT2D eigenvalue weighted by molar-refractivity contribution is 5.85. The van der Waals surface area contributed by atoms with Crippen LogP contribution in [0.2, 0.25) is 0 Å². The van der Waals surface area contributed by atoms with Gasteiger partial charge in [0.05, 0.1) is 35.1 Å². The van der Waals surface area contributed by atoms with Crippen LogP contribution in [0.4, 0.5) is 0 Å². The van der Waals surface area contributed by atoms with Crippen LogP contribution in [-0.4, -0.2) is 147 Å². The largest absolute Gasteiger partial charge is 0.381 e. The highest BCUT2D eigenvalue weighted by Gasteiger charge is 2.60. The molecule has 0 saturated heterocycles. The van der Waals surface area contributed by atoms with E-state index in [1.54, 1.807) is 32.1 Å². The second-order valence-corrected chi connectivity index (χ2v) is 56.5. The topological polar surface area (TPSA) is 119 Å². The van der Waals surface area contributed by atoms with E-state index in [4.69, 9.17) is 52.1 Å². The molecule has 834 valence electrons. The lowest BCUT2D eigenvalue weighted by molar-refractivity contribution is -0.191. The second-order valence-electron chi connectivity index (χ2n) is 56.5. The van der Waals surface area contributed by atoms with Crippen molar-refractivity contribution in [1.29, 1.82) is 0 Å². The summed E-state index contributed by atoms with van der Waals surface area (Å²) in [6.07, 6.45) is 92.1. The van der Waals surface area contributed by atoms with Crippen molar-refractivity contribution in [1.82, 2.24) is 0 Å². The summed E-state index contributed by atoms with van der Waals surface area (Å²) >= 11 is 0. The van der Waals surface area contributed by atoms with Gasteiger partial charge in [-0.05, 0) is 587 Å². The number of hydrogen-bond acceptors (Lipinski definition) is 12. The summed E-state index contributed by atoms with van der Waals surface area (Å²) in [5.74, 6) is 32.9. The predicted octanol–water partition coefficient (Wildman–Crippen LogP) is 33.5. The van der Waals surface area contributed by atoms with E-state index >= 15 is 0 Å². The van der Waals surface area contributed by atoms with Gasteiger partial charge in [-0.15, -0.1) is 0 Å². The van der Waals surface area contributed by atoms with Crippen LogP contribution in [0.1, 0.15) is 475 Å². The van der Waals surface area contributed by atoms with Crippen molar-refractivity contribution >= 4 is 5.78 Å². The summed E-state index contributed by atoms with van der Waals surface area (Å²) < 4.78 is 63.2. The molecule has 0 N–H and O–H groups in total. The molecule has 0 heterocycles. The van der Waals surface area contributed by atoms with Gasteiger partial charge in [0.1, 0.15) is 5.78 Å². The molecule has 32 saturated carbocycles. The Morgan fingerprint density at radius 2 is 0.648 bits per heavy atom. The van der Waals surface area contributed by atoms with Gasteiger partial charge in [0.15, 0.2) is 0 Å². The molecule has 33 aliphatic carbocycles. The van der Waals surface area contributed by atoms with Gasteiger partial charge < -0.3 is 52.1 Å². The van der Waals surface area contributed by atoms with Crippen molar-refractivity contribution in [3.63, 3.8) is 0 Å². The van der Waals surface area contributed by atoms with Gasteiger partial charge in [0, 0.05) is 118 Å². The summed E-state index contributed by atoms with van der Waals surface area (Å²) in [6.45, 7) is 43.9. The summed E-state index contributed by atoms with van der Waals surface area (Å²) in [5, 5.41) is 0. The van der Waals surface area contributed by atoms with Crippen LogP contribution in [0.25, 0.3) is 0 Å². The van der Waals surface area contributed by atoms with Crippen LogP contribution >= 0.6 is 0 Å². The molecule has 11 unspecified atom stereocenters. The maximum absolute atomic E-state index is 11.9. The maximum Gasteiger partial charge on any atom is 0.139 e. The van der Waals surface area contributed by atoms with E-state index in [0.717, 1.165) is 327 Å². The van der Waals surface area contributed by atoms with Crippen molar-refractivity contribution in [3.8, 4) is 0 Å². The first kappa shape index (κ1) is 115. The molecule has 28 bridgehead atoms. The average molecular weight is 2020 g/mol. The number of allylic oxidation sites excluding steroid dienone is 2. The Labute approximate surface area is 892 Å². The van der Waals surface area contributed by atoms with Crippen molar-refractivity contribution in [2.24, 2.45) is 207 Å². The van der Waals surface area contributed by atoms with Crippen molar-refractivity contribution in [2.45, 2.75) is 504 Å². The van der Waals surface area contributed by atoms with E-state index in [0.29, 0.717) is 34.7 Å². The summed E-state index contributed by atoms with van der Waals surface area (Å²) in [6, 6.07) is 0. The van der Waals surface area contributed by atoms with Crippen LogP contribution in [0.5, 0.6) is 0 Å². The molecular formula is C133H230O12. The highest BCUT2D eigenvalue weighted by Crippen LogP contribution is 2.65. The average Bonchev–Trinajstić information content (AvgIpc) is 1.55. The van der Waals surface area contributed by atoms with Crippen LogP contribution in [0.15, 0.2) is 12.2 Å². The number of Topliss-reactive ketones (excluding diaryl/α,β-unsaturated/α-hetero) is 1. The normalized spacial score (nSPS) is 44.9. The molecule has 12 heteroatoms. The van der Waals surface area contributed by atoms with Crippen LogP contribution in [0.3, 0.4) is 0 Å². The van der Waals surface area contributed by atoms with Gasteiger partial charge >= 0.3 is 0 Å². The molecule has 0 aromatic heterocycles. The summed E-state index contributed by atoms with van der Waals surface area (Å²) in [7, 11) is 0. The lowest BCUT2D eigenvalue weighted by atomic mass is 9.50. The van der Waals surface area contributed by atoms with Gasteiger partial charge in [-0.3, -0.25) is 4.79 Å². The maximum atomic E-state index is 11.9. The molecule has 33 rings (SSSR count). The molecule has 11 atom stereocenters. The Bertz CT molecular complexity index is 3520. The molecule has 0 spiro atoms. The monoisotopic (exact) mass is 2020 g/mol. The third-order valence-corrected chi connectivity index (χ3v) is 46.3. The lowest BCUT2D eigenvalue weighted by Gasteiger charge is -2.59. The molecule has 0 aliphatic heterocycles.